The molecule has 0 aromatic heterocycles. The standard InChI is InChI=1S/C14H21NO7/c1-18-11-4-9(5-12(19-2)13(11)20-3)7-21-8-10(6-16)22-14(15)17/h4-5,10,16H,6-8H2,1-3H3,(H2,15,17). The first-order valence-corrected chi connectivity index (χ1v) is 6.49. The Kier molecular flexibility index (Phi) is 7.27. The molecular formula is C14H21NO7. The molecule has 0 saturated heterocycles. The minimum atomic E-state index is -0.963. The third-order valence-corrected chi connectivity index (χ3v) is 2.78. The number of nitrogens with two attached hydrogens (primary N) is 1. The van der Waals surface area contributed by atoms with Gasteiger partial charge in [0.2, 0.25) is 5.75 Å². The fourth-order valence-corrected chi connectivity index (χ4v) is 1.82. The Bertz CT molecular complexity index is 467. The summed E-state index contributed by atoms with van der Waals surface area (Å²) in [6, 6.07) is 3.48. The third kappa shape index (κ3) is 4.97. The summed E-state index contributed by atoms with van der Waals surface area (Å²) in [4.78, 5) is 10.6. The average Bonchev–Trinajstić information content (AvgIpc) is 2.52. The van der Waals surface area contributed by atoms with Crippen LogP contribution >= 0.6 is 0 Å². The number of hydrogen-bond donors (Lipinski definition) is 2. The van der Waals surface area contributed by atoms with Crippen molar-refractivity contribution < 1.29 is 33.6 Å². The zero-order valence-electron chi connectivity index (χ0n) is 12.8. The van der Waals surface area contributed by atoms with E-state index in [4.69, 9.17) is 29.8 Å². The van der Waals surface area contributed by atoms with Crippen molar-refractivity contribution in [1.82, 2.24) is 0 Å². The van der Waals surface area contributed by atoms with Gasteiger partial charge in [-0.15, -0.1) is 0 Å². The van der Waals surface area contributed by atoms with Crippen molar-refractivity contribution in [3.63, 3.8) is 0 Å². The summed E-state index contributed by atoms with van der Waals surface area (Å²) in [5.74, 6) is 1.50. The van der Waals surface area contributed by atoms with Crippen molar-refractivity contribution in [2.24, 2.45) is 5.73 Å². The van der Waals surface area contributed by atoms with Gasteiger partial charge in [0.1, 0.15) is 6.10 Å². The second-order valence-corrected chi connectivity index (χ2v) is 4.29. The van der Waals surface area contributed by atoms with E-state index >= 15 is 0 Å². The molecule has 1 amide bonds. The highest BCUT2D eigenvalue weighted by atomic mass is 16.6. The quantitative estimate of drug-likeness (QED) is 0.689. The summed E-state index contributed by atoms with van der Waals surface area (Å²) in [6.07, 6.45) is -1.77. The lowest BCUT2D eigenvalue weighted by molar-refractivity contribution is -0.00916. The lowest BCUT2D eigenvalue weighted by Crippen LogP contribution is -2.29. The predicted octanol–water partition coefficient (Wildman–Crippen LogP) is 0.685. The van der Waals surface area contributed by atoms with Crippen molar-refractivity contribution in [3.8, 4) is 17.2 Å². The number of ether oxygens (including phenoxy) is 5. The maximum absolute atomic E-state index is 10.6. The number of rotatable bonds is 9. The molecule has 8 heteroatoms. The van der Waals surface area contributed by atoms with Gasteiger partial charge in [0.25, 0.3) is 0 Å². The first-order valence-electron chi connectivity index (χ1n) is 6.49. The normalized spacial score (nSPS) is 11.6. The molecule has 0 radical (unpaired) electrons. The van der Waals surface area contributed by atoms with Gasteiger partial charge in [0.05, 0.1) is 41.2 Å². The average molecular weight is 315 g/mol. The number of primary amides is 1. The number of hydrogen-bond acceptors (Lipinski definition) is 7. The molecule has 0 aliphatic rings. The molecule has 1 aromatic rings. The second-order valence-electron chi connectivity index (χ2n) is 4.29. The van der Waals surface area contributed by atoms with E-state index in [9.17, 15) is 4.79 Å². The topological polar surface area (TPSA) is 109 Å². The minimum Gasteiger partial charge on any atom is -0.493 e. The Morgan fingerprint density at radius 2 is 1.77 bits per heavy atom. The molecule has 0 bridgehead atoms. The number of carbonyl (C=O) groups is 1. The molecule has 1 rings (SSSR count). The van der Waals surface area contributed by atoms with Crippen LogP contribution < -0.4 is 19.9 Å². The zero-order valence-corrected chi connectivity index (χ0v) is 12.8. The number of amides is 1. The van der Waals surface area contributed by atoms with Crippen LogP contribution in [0.4, 0.5) is 4.79 Å². The largest absolute Gasteiger partial charge is 0.493 e. The number of aliphatic hydroxyl groups excluding tert-OH is 1. The van der Waals surface area contributed by atoms with Gasteiger partial charge in [0.15, 0.2) is 11.5 Å². The number of aliphatic hydroxyl groups is 1. The zero-order chi connectivity index (χ0) is 16.5. The Morgan fingerprint density at radius 1 is 1.18 bits per heavy atom. The van der Waals surface area contributed by atoms with Gasteiger partial charge in [0, 0.05) is 0 Å². The van der Waals surface area contributed by atoms with Gasteiger partial charge in [-0.2, -0.15) is 0 Å². The van der Waals surface area contributed by atoms with E-state index in [1.165, 1.54) is 21.3 Å². The van der Waals surface area contributed by atoms with Gasteiger partial charge >= 0.3 is 6.09 Å². The molecular weight excluding hydrogens is 294 g/mol. The number of benzene rings is 1. The first-order chi connectivity index (χ1) is 10.5. The van der Waals surface area contributed by atoms with Crippen molar-refractivity contribution in [1.29, 1.82) is 0 Å². The van der Waals surface area contributed by atoms with Crippen LogP contribution in [0.25, 0.3) is 0 Å². The highest BCUT2D eigenvalue weighted by molar-refractivity contribution is 5.64. The van der Waals surface area contributed by atoms with E-state index in [0.717, 1.165) is 5.56 Å². The predicted molar refractivity (Wildman–Crippen MR) is 77.3 cm³/mol. The van der Waals surface area contributed by atoms with E-state index in [0.29, 0.717) is 17.2 Å². The minimum absolute atomic E-state index is 0.0100. The molecule has 1 atom stereocenters. The molecule has 1 unspecified atom stereocenters. The summed E-state index contributed by atoms with van der Waals surface area (Å²) in [7, 11) is 4.55. The Balaban J connectivity index is 2.71. The Labute approximate surface area is 128 Å². The first kappa shape index (κ1) is 17.9. The van der Waals surface area contributed by atoms with Crippen LogP contribution in [0.15, 0.2) is 12.1 Å². The molecule has 0 aliphatic heterocycles. The van der Waals surface area contributed by atoms with E-state index in [2.05, 4.69) is 4.74 Å². The molecule has 8 nitrogen and oxygen atoms in total. The van der Waals surface area contributed by atoms with Crippen LogP contribution in [-0.2, 0) is 16.1 Å². The highest BCUT2D eigenvalue weighted by Gasteiger charge is 2.15. The third-order valence-electron chi connectivity index (χ3n) is 2.78. The molecule has 3 N–H and O–H groups in total. The highest BCUT2D eigenvalue weighted by Crippen LogP contribution is 2.38. The van der Waals surface area contributed by atoms with E-state index in [1.54, 1.807) is 12.1 Å². The fraction of sp³-hybridized carbons (Fsp3) is 0.500. The molecule has 0 saturated carbocycles. The van der Waals surface area contributed by atoms with Crippen LogP contribution in [0.5, 0.6) is 17.2 Å². The van der Waals surface area contributed by atoms with Crippen molar-refractivity contribution in [2.45, 2.75) is 12.7 Å². The van der Waals surface area contributed by atoms with Crippen molar-refractivity contribution in [2.75, 3.05) is 34.5 Å². The van der Waals surface area contributed by atoms with Crippen LogP contribution in [0, 0.1) is 0 Å². The SMILES string of the molecule is COc1cc(COCC(CO)OC(N)=O)cc(OC)c1OC. The Morgan fingerprint density at radius 3 is 2.18 bits per heavy atom. The summed E-state index contributed by atoms with van der Waals surface area (Å²) < 4.78 is 25.7. The van der Waals surface area contributed by atoms with E-state index in [-0.39, 0.29) is 19.8 Å². The summed E-state index contributed by atoms with van der Waals surface area (Å²) in [6.45, 7) is -0.163. The molecule has 0 spiro atoms. The fourth-order valence-electron chi connectivity index (χ4n) is 1.82. The van der Waals surface area contributed by atoms with Gasteiger partial charge in [-0.25, -0.2) is 4.79 Å². The van der Waals surface area contributed by atoms with Crippen LogP contribution in [0.1, 0.15) is 5.56 Å². The lowest BCUT2D eigenvalue weighted by atomic mass is 10.2. The summed E-state index contributed by atoms with van der Waals surface area (Å²) in [5.41, 5.74) is 5.65. The van der Waals surface area contributed by atoms with Gasteiger partial charge in [-0.05, 0) is 17.7 Å². The van der Waals surface area contributed by atoms with Gasteiger partial charge in [-0.3, -0.25) is 0 Å². The van der Waals surface area contributed by atoms with Crippen LogP contribution in [0.3, 0.4) is 0 Å². The molecule has 0 aliphatic carbocycles. The molecule has 1 aromatic carbocycles. The maximum atomic E-state index is 10.6. The smallest absolute Gasteiger partial charge is 0.404 e. The molecule has 124 valence electrons. The monoisotopic (exact) mass is 315 g/mol. The van der Waals surface area contributed by atoms with Gasteiger partial charge in [-0.1, -0.05) is 0 Å². The summed E-state index contributed by atoms with van der Waals surface area (Å²) in [5, 5.41) is 9.04. The van der Waals surface area contributed by atoms with E-state index < -0.39 is 12.2 Å². The maximum Gasteiger partial charge on any atom is 0.404 e. The van der Waals surface area contributed by atoms with Crippen LogP contribution in [0.2, 0.25) is 0 Å². The molecule has 0 heterocycles. The molecule has 0 fully saturated rings. The number of methoxy groups -OCH3 is 3. The Hall–Kier alpha value is -2.19. The van der Waals surface area contributed by atoms with Crippen LogP contribution in [-0.4, -0.2) is 51.8 Å². The molecule has 22 heavy (non-hydrogen) atoms. The van der Waals surface area contributed by atoms with Crippen molar-refractivity contribution >= 4 is 6.09 Å². The second kappa shape index (κ2) is 8.96. The van der Waals surface area contributed by atoms with Crippen molar-refractivity contribution in [3.05, 3.63) is 17.7 Å². The van der Waals surface area contributed by atoms with Gasteiger partial charge < -0.3 is 34.5 Å². The van der Waals surface area contributed by atoms with E-state index in [1.807, 2.05) is 0 Å². The lowest BCUT2D eigenvalue weighted by Gasteiger charge is -2.16. The number of carbonyl (C=O) groups excluding carboxylic acids is 1. The summed E-state index contributed by atoms with van der Waals surface area (Å²) >= 11 is 0.